The molecule has 23 heavy (non-hydrogen) atoms. The number of hydrogen-bond donors (Lipinski definition) is 0. The zero-order valence-corrected chi connectivity index (χ0v) is 19.8. The SMILES string of the molecule is CC(C)(C)C[C@@H]1[C@H]2C=C[C@H](CC2)[Si]1(O[Si](C)(C)C)O[Si](C)(C)C. The molecule has 3 aliphatic rings. The largest absolute Gasteiger partial charge is 0.436 e. The molecule has 0 radical (unpaired) electrons. The number of fused-ring (bicyclic) bond motifs is 2. The van der Waals surface area contributed by atoms with Crippen LogP contribution in [0.5, 0.6) is 0 Å². The van der Waals surface area contributed by atoms with Crippen LogP contribution in [-0.2, 0) is 8.23 Å². The van der Waals surface area contributed by atoms with E-state index in [1.165, 1.54) is 19.3 Å². The van der Waals surface area contributed by atoms with Gasteiger partial charge in [-0.05, 0) is 69.9 Å². The van der Waals surface area contributed by atoms with E-state index in [0.29, 0.717) is 22.4 Å². The molecule has 0 spiro atoms. The summed E-state index contributed by atoms with van der Waals surface area (Å²) in [6.07, 6.45) is 8.82. The lowest BCUT2D eigenvalue weighted by atomic mass is 9.82. The zero-order valence-electron chi connectivity index (χ0n) is 16.8. The highest BCUT2D eigenvalue weighted by Crippen LogP contribution is 2.58. The van der Waals surface area contributed by atoms with Crippen LogP contribution < -0.4 is 0 Å². The molecule has 5 heteroatoms. The van der Waals surface area contributed by atoms with Crippen LogP contribution in [0.25, 0.3) is 0 Å². The molecule has 0 unspecified atom stereocenters. The first-order chi connectivity index (χ1) is 10.2. The van der Waals surface area contributed by atoms with Gasteiger partial charge in [-0.15, -0.1) is 0 Å². The van der Waals surface area contributed by atoms with Crippen LogP contribution in [0.4, 0.5) is 0 Å². The fourth-order valence-corrected chi connectivity index (χ4v) is 18.2. The summed E-state index contributed by atoms with van der Waals surface area (Å²) in [7, 11) is -5.53. The second kappa shape index (κ2) is 6.24. The lowest BCUT2D eigenvalue weighted by molar-refractivity contribution is 0.232. The number of allylic oxidation sites excluding steroid dienone is 2. The summed E-state index contributed by atoms with van der Waals surface area (Å²) in [6, 6.07) is 0. The van der Waals surface area contributed by atoms with Crippen molar-refractivity contribution in [2.75, 3.05) is 0 Å². The summed E-state index contributed by atoms with van der Waals surface area (Å²) < 4.78 is 14.1. The second-order valence-corrected chi connectivity index (χ2v) is 23.8. The minimum atomic E-state index is -2.24. The monoisotopic (exact) mass is 370 g/mol. The Bertz CT molecular complexity index is 438. The van der Waals surface area contributed by atoms with Gasteiger partial charge < -0.3 is 8.23 Å². The summed E-state index contributed by atoms with van der Waals surface area (Å²) in [6.45, 7) is 21.2. The Kier molecular flexibility index (Phi) is 5.32. The molecule has 1 saturated heterocycles. The third-order valence-corrected chi connectivity index (χ3v) is 15.3. The third kappa shape index (κ3) is 4.91. The van der Waals surface area contributed by atoms with Gasteiger partial charge in [0.1, 0.15) is 0 Å². The normalized spacial score (nSPS) is 30.7. The van der Waals surface area contributed by atoms with E-state index in [0.717, 1.165) is 0 Å². The predicted molar refractivity (Wildman–Crippen MR) is 108 cm³/mol. The van der Waals surface area contributed by atoms with Crippen molar-refractivity contribution in [1.29, 1.82) is 0 Å². The van der Waals surface area contributed by atoms with Crippen molar-refractivity contribution in [1.82, 2.24) is 0 Å². The van der Waals surface area contributed by atoms with E-state index in [9.17, 15) is 0 Å². The van der Waals surface area contributed by atoms with Gasteiger partial charge in [-0.3, -0.25) is 0 Å². The highest BCUT2D eigenvalue weighted by atomic mass is 28.5. The van der Waals surface area contributed by atoms with Crippen LogP contribution in [-0.4, -0.2) is 25.2 Å². The summed E-state index contributed by atoms with van der Waals surface area (Å²) in [5, 5.41) is 0. The smallest absolute Gasteiger partial charge is 0.328 e. The van der Waals surface area contributed by atoms with E-state index in [1.54, 1.807) is 0 Å². The average molecular weight is 371 g/mol. The van der Waals surface area contributed by atoms with Gasteiger partial charge in [-0.2, -0.15) is 0 Å². The van der Waals surface area contributed by atoms with Gasteiger partial charge in [0.2, 0.25) is 0 Å². The molecule has 134 valence electrons. The van der Waals surface area contributed by atoms with Gasteiger partial charge >= 0.3 is 8.56 Å². The van der Waals surface area contributed by atoms with E-state index < -0.39 is 25.2 Å². The summed E-state index contributed by atoms with van der Waals surface area (Å²) in [4.78, 5) is 0. The Hall–Kier alpha value is 0.311. The van der Waals surface area contributed by atoms with Crippen molar-refractivity contribution in [3.63, 3.8) is 0 Å². The maximum Gasteiger partial charge on any atom is 0.328 e. The lowest BCUT2D eigenvalue weighted by Crippen LogP contribution is -2.64. The maximum absolute atomic E-state index is 7.07. The van der Waals surface area contributed by atoms with Gasteiger partial charge in [0.15, 0.2) is 16.6 Å². The molecule has 1 aliphatic carbocycles. The minimum Gasteiger partial charge on any atom is -0.436 e. The van der Waals surface area contributed by atoms with Gasteiger partial charge in [-0.25, -0.2) is 0 Å². The van der Waals surface area contributed by atoms with E-state index in [2.05, 4.69) is 72.2 Å². The number of rotatable bonds is 5. The molecule has 0 amide bonds. The van der Waals surface area contributed by atoms with E-state index >= 15 is 0 Å². The fraction of sp³-hybridized carbons (Fsp3) is 0.889. The molecule has 3 rings (SSSR count). The molecule has 3 atom stereocenters. The molecule has 0 aromatic carbocycles. The first-order valence-electron chi connectivity index (χ1n) is 9.31. The van der Waals surface area contributed by atoms with Gasteiger partial charge in [-0.1, -0.05) is 32.9 Å². The molecule has 0 saturated carbocycles. The second-order valence-electron chi connectivity index (χ2n) is 10.8. The summed E-state index contributed by atoms with van der Waals surface area (Å²) in [5.74, 6) is 0.679. The topological polar surface area (TPSA) is 18.5 Å². The van der Waals surface area contributed by atoms with Crippen LogP contribution in [0, 0.1) is 11.3 Å². The van der Waals surface area contributed by atoms with Crippen LogP contribution in [0.3, 0.4) is 0 Å². The standard InChI is InChI=1S/C18H38O2Si3/c1-18(2,3)14-17-15-10-12-16(13-11-15)23(17,19-21(4,5)6)20-22(7,8)9/h10,12,15-17H,11,13-14H2,1-9H3/t15-,16+,17+/m0/s1. The molecule has 2 aliphatic heterocycles. The summed E-state index contributed by atoms with van der Waals surface area (Å²) in [5.41, 5.74) is 1.53. The van der Waals surface area contributed by atoms with Crippen LogP contribution in [0.1, 0.15) is 40.0 Å². The van der Waals surface area contributed by atoms with E-state index in [1.807, 2.05) is 0 Å². The Morgan fingerprint density at radius 3 is 1.78 bits per heavy atom. The van der Waals surface area contributed by atoms with Gasteiger partial charge in [0, 0.05) is 11.1 Å². The molecular weight excluding hydrogens is 332 g/mol. The zero-order chi connectivity index (χ0) is 17.7. The Balaban J connectivity index is 2.47. The molecule has 0 N–H and O–H groups in total. The van der Waals surface area contributed by atoms with Crippen molar-refractivity contribution < 1.29 is 8.23 Å². The lowest BCUT2D eigenvalue weighted by Gasteiger charge is -2.56. The highest BCUT2D eigenvalue weighted by molar-refractivity contribution is 6.90. The van der Waals surface area contributed by atoms with E-state index in [4.69, 9.17) is 8.23 Å². The average Bonchev–Trinajstić information content (AvgIpc) is 2.29. The quantitative estimate of drug-likeness (QED) is 0.418. The molecule has 0 aromatic heterocycles. The van der Waals surface area contributed by atoms with Gasteiger partial charge in [0.05, 0.1) is 0 Å². The Morgan fingerprint density at radius 1 is 0.913 bits per heavy atom. The summed E-state index contributed by atoms with van der Waals surface area (Å²) >= 11 is 0. The van der Waals surface area contributed by atoms with Crippen molar-refractivity contribution in [3.05, 3.63) is 12.2 Å². The molecule has 2 bridgehead atoms. The minimum absolute atomic E-state index is 0.333. The van der Waals surface area contributed by atoms with Crippen molar-refractivity contribution in [2.24, 2.45) is 11.3 Å². The first kappa shape index (κ1) is 19.6. The van der Waals surface area contributed by atoms with Crippen molar-refractivity contribution in [3.8, 4) is 0 Å². The maximum atomic E-state index is 7.07. The fourth-order valence-electron chi connectivity index (χ4n) is 4.32. The predicted octanol–water partition coefficient (Wildman–Crippen LogP) is 6.29. The van der Waals surface area contributed by atoms with Crippen LogP contribution in [0.2, 0.25) is 50.4 Å². The Morgan fingerprint density at radius 2 is 1.43 bits per heavy atom. The van der Waals surface area contributed by atoms with Crippen LogP contribution in [0.15, 0.2) is 12.2 Å². The third-order valence-electron chi connectivity index (χ3n) is 4.72. The molecule has 0 aromatic rings. The first-order valence-corrected chi connectivity index (χ1v) is 18.1. The van der Waals surface area contributed by atoms with Crippen molar-refractivity contribution in [2.45, 2.75) is 90.4 Å². The van der Waals surface area contributed by atoms with Gasteiger partial charge in [0.25, 0.3) is 0 Å². The van der Waals surface area contributed by atoms with Crippen molar-refractivity contribution >= 4 is 25.2 Å². The highest BCUT2D eigenvalue weighted by Gasteiger charge is 2.61. The van der Waals surface area contributed by atoms with Crippen LogP contribution >= 0.6 is 0 Å². The number of hydrogen-bond acceptors (Lipinski definition) is 2. The molecule has 2 heterocycles. The molecular formula is C18H38O2Si3. The molecule has 1 fully saturated rings. The Labute approximate surface area is 147 Å². The molecule has 2 nitrogen and oxygen atoms in total. The van der Waals surface area contributed by atoms with E-state index in [-0.39, 0.29) is 0 Å².